The molecule has 2 N–H and O–H groups in total. The van der Waals surface area contributed by atoms with Crippen LogP contribution in [0, 0.1) is 5.82 Å². The fourth-order valence-electron chi connectivity index (χ4n) is 1.60. The molecule has 8 heteroatoms. The summed E-state index contributed by atoms with van der Waals surface area (Å²) in [6.07, 6.45) is 3.71. The van der Waals surface area contributed by atoms with Gasteiger partial charge in [-0.1, -0.05) is 13.0 Å². The first-order chi connectivity index (χ1) is 10.0. The summed E-state index contributed by atoms with van der Waals surface area (Å²) in [5, 5.41) is 2.94. The highest BCUT2D eigenvalue weighted by molar-refractivity contribution is 7.92. The maximum Gasteiger partial charge on any atom is 0.279 e. The highest BCUT2D eigenvalue weighted by Crippen LogP contribution is 2.16. The second-order valence-electron chi connectivity index (χ2n) is 4.25. The summed E-state index contributed by atoms with van der Waals surface area (Å²) in [5.74, 6) is -0.746. The average molecular weight is 310 g/mol. The van der Waals surface area contributed by atoms with Gasteiger partial charge in [-0.2, -0.15) is 8.42 Å². The average Bonchev–Trinajstić information content (AvgIpc) is 2.48. The number of nitrogens with one attached hydrogen (secondary N) is 2. The molecule has 2 rings (SSSR count). The van der Waals surface area contributed by atoms with Gasteiger partial charge in [-0.15, -0.1) is 0 Å². The smallest absolute Gasteiger partial charge is 0.279 e. The molecule has 0 saturated carbocycles. The summed E-state index contributed by atoms with van der Waals surface area (Å²) in [7, 11) is -3.92. The van der Waals surface area contributed by atoms with Gasteiger partial charge in [0.05, 0.1) is 11.9 Å². The largest absolute Gasteiger partial charge is 0.313 e. The van der Waals surface area contributed by atoms with Crippen molar-refractivity contribution in [2.24, 2.45) is 0 Å². The van der Waals surface area contributed by atoms with Crippen LogP contribution in [-0.4, -0.2) is 24.9 Å². The Morgan fingerprint density at radius 2 is 2.05 bits per heavy atom. The van der Waals surface area contributed by atoms with Crippen LogP contribution in [0.15, 0.2) is 41.8 Å². The van der Waals surface area contributed by atoms with Crippen molar-refractivity contribution in [3.8, 4) is 0 Å². The zero-order chi connectivity index (χ0) is 15.3. The molecule has 0 spiro atoms. The van der Waals surface area contributed by atoms with Crippen LogP contribution < -0.4 is 10.0 Å². The third-order valence-corrected chi connectivity index (χ3v) is 3.95. The Labute approximate surface area is 122 Å². The molecule has 2 aromatic heterocycles. The number of hydrogen-bond acceptors (Lipinski definition) is 5. The lowest BCUT2D eigenvalue weighted by Crippen LogP contribution is -2.16. The Hall–Kier alpha value is -2.06. The molecule has 112 valence electrons. The molecule has 0 fully saturated rings. The van der Waals surface area contributed by atoms with E-state index in [0.29, 0.717) is 6.54 Å². The Morgan fingerprint density at radius 1 is 1.24 bits per heavy atom. The van der Waals surface area contributed by atoms with Crippen LogP contribution in [-0.2, 0) is 16.6 Å². The molecule has 0 saturated heterocycles. The van der Waals surface area contributed by atoms with Gasteiger partial charge in [-0.3, -0.25) is 9.71 Å². The highest BCUT2D eigenvalue weighted by atomic mass is 32.2. The molecule has 0 amide bonds. The van der Waals surface area contributed by atoms with Crippen molar-refractivity contribution in [3.63, 3.8) is 0 Å². The topological polar surface area (TPSA) is 84.0 Å². The molecule has 21 heavy (non-hydrogen) atoms. The maximum absolute atomic E-state index is 13.4. The van der Waals surface area contributed by atoms with Gasteiger partial charge in [0.2, 0.25) is 0 Å². The van der Waals surface area contributed by atoms with E-state index in [9.17, 15) is 12.8 Å². The maximum atomic E-state index is 13.4. The number of aromatic nitrogens is 2. The van der Waals surface area contributed by atoms with E-state index in [2.05, 4.69) is 20.0 Å². The summed E-state index contributed by atoms with van der Waals surface area (Å²) < 4.78 is 39.8. The monoisotopic (exact) mass is 310 g/mol. The zero-order valence-electron chi connectivity index (χ0n) is 11.4. The summed E-state index contributed by atoms with van der Waals surface area (Å²) in [6, 6.07) is 4.29. The molecule has 6 nitrogen and oxygen atoms in total. The molecule has 2 aromatic rings. The van der Waals surface area contributed by atoms with Crippen molar-refractivity contribution < 1.29 is 12.8 Å². The van der Waals surface area contributed by atoms with E-state index in [1.807, 2.05) is 6.92 Å². The molecule has 0 unspecified atom stereocenters. The fraction of sp³-hybridized carbons (Fsp3) is 0.231. The normalized spacial score (nSPS) is 11.3. The van der Waals surface area contributed by atoms with Gasteiger partial charge >= 0.3 is 0 Å². The molecule has 2 heterocycles. The molecule has 0 aliphatic heterocycles. The quantitative estimate of drug-likeness (QED) is 0.845. The molecule has 0 radical (unpaired) electrons. The van der Waals surface area contributed by atoms with Crippen molar-refractivity contribution in [2.75, 3.05) is 11.3 Å². The van der Waals surface area contributed by atoms with Crippen LogP contribution in [0.25, 0.3) is 0 Å². The van der Waals surface area contributed by atoms with Crippen LogP contribution in [0.2, 0.25) is 0 Å². The van der Waals surface area contributed by atoms with Crippen LogP contribution in [0.5, 0.6) is 0 Å². The lowest BCUT2D eigenvalue weighted by molar-refractivity contribution is 0.594. The lowest BCUT2D eigenvalue weighted by atomic mass is 10.3. The standard InChI is InChI=1S/C13H15FN4O2S/c1-2-15-7-10-3-4-13(17-8-10)21(19,20)18-12-5-6-16-9-11(12)14/h3-6,8-9,15H,2,7H2,1H3,(H,16,18). The molecule has 0 aliphatic rings. The van der Waals surface area contributed by atoms with Gasteiger partial charge in [-0.05, 0) is 24.2 Å². The molecule has 0 aliphatic carbocycles. The van der Waals surface area contributed by atoms with Gasteiger partial charge in [0.25, 0.3) is 10.0 Å². The van der Waals surface area contributed by atoms with Gasteiger partial charge in [-0.25, -0.2) is 9.37 Å². The molecule has 0 aromatic carbocycles. The van der Waals surface area contributed by atoms with Crippen LogP contribution in [0.3, 0.4) is 0 Å². The van der Waals surface area contributed by atoms with E-state index >= 15 is 0 Å². The zero-order valence-corrected chi connectivity index (χ0v) is 12.2. The van der Waals surface area contributed by atoms with Gasteiger partial charge < -0.3 is 5.32 Å². The third kappa shape index (κ3) is 3.96. The van der Waals surface area contributed by atoms with Gasteiger partial charge in [0, 0.05) is 18.9 Å². The van der Waals surface area contributed by atoms with Crippen molar-refractivity contribution >= 4 is 15.7 Å². The fourth-order valence-corrected chi connectivity index (χ4v) is 2.60. The summed E-state index contributed by atoms with van der Waals surface area (Å²) >= 11 is 0. The molecule has 0 atom stereocenters. The van der Waals surface area contributed by atoms with E-state index < -0.39 is 15.8 Å². The SMILES string of the molecule is CCNCc1ccc(S(=O)(=O)Nc2ccncc2F)nc1. The van der Waals surface area contributed by atoms with Crippen LogP contribution in [0.1, 0.15) is 12.5 Å². The first kappa shape index (κ1) is 15.3. The Morgan fingerprint density at radius 3 is 2.67 bits per heavy atom. The van der Waals surface area contributed by atoms with Crippen LogP contribution in [0.4, 0.5) is 10.1 Å². The number of hydrogen-bond donors (Lipinski definition) is 2. The van der Waals surface area contributed by atoms with Crippen molar-refractivity contribution in [2.45, 2.75) is 18.5 Å². The molecule has 0 bridgehead atoms. The lowest BCUT2D eigenvalue weighted by Gasteiger charge is -2.08. The predicted octanol–water partition coefficient (Wildman–Crippen LogP) is 1.53. The summed E-state index contributed by atoms with van der Waals surface area (Å²) in [5.41, 5.74) is 0.703. The third-order valence-electron chi connectivity index (χ3n) is 2.67. The number of pyridine rings is 2. The van der Waals surface area contributed by atoms with Crippen LogP contribution >= 0.6 is 0 Å². The number of halogens is 1. The van der Waals surface area contributed by atoms with Crippen molar-refractivity contribution in [1.82, 2.24) is 15.3 Å². The van der Waals surface area contributed by atoms with E-state index in [1.165, 1.54) is 24.5 Å². The van der Waals surface area contributed by atoms with Gasteiger partial charge in [0.15, 0.2) is 10.8 Å². The number of rotatable bonds is 6. The second-order valence-corrected chi connectivity index (χ2v) is 5.88. The Bertz CT molecular complexity index is 704. The predicted molar refractivity (Wildman–Crippen MR) is 76.6 cm³/mol. The molecular weight excluding hydrogens is 295 g/mol. The Balaban J connectivity index is 2.18. The van der Waals surface area contributed by atoms with E-state index in [1.54, 1.807) is 6.07 Å². The minimum absolute atomic E-state index is 0.163. The number of nitrogens with zero attached hydrogens (tertiary/aromatic N) is 2. The van der Waals surface area contributed by atoms with E-state index in [-0.39, 0.29) is 10.7 Å². The molecular formula is C13H15FN4O2S. The van der Waals surface area contributed by atoms with E-state index in [0.717, 1.165) is 18.3 Å². The number of sulfonamides is 1. The van der Waals surface area contributed by atoms with Crippen molar-refractivity contribution in [3.05, 3.63) is 48.2 Å². The summed E-state index contributed by atoms with van der Waals surface area (Å²) in [4.78, 5) is 7.46. The minimum atomic E-state index is -3.92. The summed E-state index contributed by atoms with van der Waals surface area (Å²) in [6.45, 7) is 3.39. The highest BCUT2D eigenvalue weighted by Gasteiger charge is 2.17. The number of anilines is 1. The second kappa shape index (κ2) is 6.59. The minimum Gasteiger partial charge on any atom is -0.313 e. The van der Waals surface area contributed by atoms with Crippen molar-refractivity contribution in [1.29, 1.82) is 0 Å². The first-order valence-corrected chi connectivity index (χ1v) is 7.79. The Kier molecular flexibility index (Phi) is 4.81. The van der Waals surface area contributed by atoms with Gasteiger partial charge in [0.1, 0.15) is 0 Å². The van der Waals surface area contributed by atoms with E-state index in [4.69, 9.17) is 0 Å². The first-order valence-electron chi connectivity index (χ1n) is 6.31.